The lowest BCUT2D eigenvalue weighted by molar-refractivity contribution is 0.0712. The fourth-order valence-electron chi connectivity index (χ4n) is 2.91. The second kappa shape index (κ2) is 6.48. The van der Waals surface area contributed by atoms with Gasteiger partial charge in [0.1, 0.15) is 0 Å². The molecule has 1 amide bonds. The molecule has 2 aromatic rings. The van der Waals surface area contributed by atoms with Crippen LogP contribution in [0.3, 0.4) is 0 Å². The van der Waals surface area contributed by atoms with E-state index in [1.807, 2.05) is 4.90 Å². The van der Waals surface area contributed by atoms with Gasteiger partial charge in [0.15, 0.2) is 11.6 Å². The Morgan fingerprint density at radius 1 is 1.32 bits per heavy atom. The van der Waals surface area contributed by atoms with E-state index in [0.717, 1.165) is 12.8 Å². The van der Waals surface area contributed by atoms with E-state index >= 15 is 0 Å². The number of benzene rings is 1. The monoisotopic (exact) mass is 319 g/mol. The molecule has 0 atom stereocenters. The highest BCUT2D eigenvalue weighted by Gasteiger charge is 2.25. The number of halogens is 1. The zero-order valence-corrected chi connectivity index (χ0v) is 13.2. The molecule has 5 heteroatoms. The number of amides is 1. The highest BCUT2D eigenvalue weighted by atomic mass is 32.1. The van der Waals surface area contributed by atoms with E-state index in [9.17, 15) is 9.18 Å². The molecule has 116 valence electrons. The third-order valence-corrected chi connectivity index (χ3v) is 4.90. The van der Waals surface area contributed by atoms with Gasteiger partial charge < -0.3 is 9.64 Å². The van der Waals surface area contributed by atoms with Crippen LogP contribution in [-0.4, -0.2) is 31.0 Å². The third-order valence-electron chi connectivity index (χ3n) is 4.20. The molecule has 0 unspecified atom stereocenters. The maximum absolute atomic E-state index is 13.7. The van der Waals surface area contributed by atoms with E-state index in [1.165, 1.54) is 24.8 Å². The summed E-state index contributed by atoms with van der Waals surface area (Å²) in [6.07, 6.45) is 1.92. The number of rotatable bonds is 3. The first-order chi connectivity index (χ1) is 10.7. The van der Waals surface area contributed by atoms with Gasteiger partial charge in [0.2, 0.25) is 0 Å². The van der Waals surface area contributed by atoms with Crippen LogP contribution < -0.4 is 4.74 Å². The average molecular weight is 319 g/mol. The second-order valence-electron chi connectivity index (χ2n) is 5.47. The van der Waals surface area contributed by atoms with Crippen LogP contribution in [0.15, 0.2) is 35.0 Å². The van der Waals surface area contributed by atoms with Gasteiger partial charge in [-0.15, -0.1) is 0 Å². The van der Waals surface area contributed by atoms with Gasteiger partial charge in [0.05, 0.1) is 7.11 Å². The molecule has 1 fully saturated rings. The summed E-state index contributed by atoms with van der Waals surface area (Å²) in [5.74, 6) is 0.0856. The summed E-state index contributed by atoms with van der Waals surface area (Å²) < 4.78 is 18.6. The van der Waals surface area contributed by atoms with Crippen molar-refractivity contribution in [1.29, 1.82) is 0 Å². The van der Waals surface area contributed by atoms with Crippen molar-refractivity contribution >= 4 is 17.2 Å². The molecule has 0 bridgehead atoms. The van der Waals surface area contributed by atoms with E-state index in [0.29, 0.717) is 24.6 Å². The van der Waals surface area contributed by atoms with E-state index in [1.54, 1.807) is 17.4 Å². The molecule has 0 radical (unpaired) electrons. The Morgan fingerprint density at radius 2 is 2.09 bits per heavy atom. The molecule has 22 heavy (non-hydrogen) atoms. The summed E-state index contributed by atoms with van der Waals surface area (Å²) in [5.41, 5.74) is 1.75. The highest BCUT2D eigenvalue weighted by molar-refractivity contribution is 7.07. The molecule has 1 aromatic carbocycles. The molecule has 1 aromatic heterocycles. The Kier molecular flexibility index (Phi) is 4.43. The van der Waals surface area contributed by atoms with Crippen LogP contribution in [0.2, 0.25) is 0 Å². The van der Waals surface area contributed by atoms with Crippen molar-refractivity contribution in [2.24, 2.45) is 0 Å². The van der Waals surface area contributed by atoms with E-state index in [-0.39, 0.29) is 11.7 Å². The Bertz CT molecular complexity index is 649. The Morgan fingerprint density at radius 3 is 2.68 bits per heavy atom. The number of carbonyl (C=O) groups is 1. The number of ether oxygens (including phenoxy) is 1. The van der Waals surface area contributed by atoms with Crippen molar-refractivity contribution in [3.8, 4) is 5.75 Å². The second-order valence-corrected chi connectivity index (χ2v) is 6.25. The van der Waals surface area contributed by atoms with Crippen LogP contribution in [0.4, 0.5) is 4.39 Å². The van der Waals surface area contributed by atoms with E-state index < -0.39 is 5.82 Å². The summed E-state index contributed by atoms with van der Waals surface area (Å²) in [6, 6.07) is 6.54. The molecule has 1 aliphatic rings. The topological polar surface area (TPSA) is 29.5 Å². The van der Waals surface area contributed by atoms with Crippen LogP contribution in [0, 0.1) is 5.82 Å². The Hall–Kier alpha value is -1.88. The van der Waals surface area contributed by atoms with Crippen LogP contribution in [-0.2, 0) is 0 Å². The van der Waals surface area contributed by atoms with Crippen LogP contribution in [0.5, 0.6) is 5.75 Å². The van der Waals surface area contributed by atoms with Gasteiger partial charge >= 0.3 is 0 Å². The summed E-state index contributed by atoms with van der Waals surface area (Å²) in [5, 5.41) is 4.27. The number of methoxy groups -OCH3 is 1. The molecule has 0 N–H and O–H groups in total. The molecule has 0 aliphatic carbocycles. The lowest BCUT2D eigenvalue weighted by atomic mass is 9.91. The average Bonchev–Trinajstić information content (AvgIpc) is 3.09. The van der Waals surface area contributed by atoms with Crippen LogP contribution in [0.1, 0.15) is 34.7 Å². The highest BCUT2D eigenvalue weighted by Crippen LogP contribution is 2.30. The minimum Gasteiger partial charge on any atom is -0.494 e. The first kappa shape index (κ1) is 15.0. The Balaban J connectivity index is 1.65. The number of nitrogens with zero attached hydrogens (tertiary/aromatic N) is 1. The summed E-state index contributed by atoms with van der Waals surface area (Å²) >= 11 is 1.71. The minimum absolute atomic E-state index is 0.106. The van der Waals surface area contributed by atoms with Gasteiger partial charge in [-0.2, -0.15) is 11.3 Å². The molecule has 3 nitrogen and oxygen atoms in total. The molecule has 2 heterocycles. The molecule has 0 spiro atoms. The number of piperidine rings is 1. The molecular formula is C17H18FNO2S. The first-order valence-electron chi connectivity index (χ1n) is 7.34. The van der Waals surface area contributed by atoms with Crippen LogP contribution in [0.25, 0.3) is 0 Å². The predicted octanol–water partition coefficient (Wildman–Crippen LogP) is 3.92. The number of likely N-dealkylation sites (tertiary alicyclic amines) is 1. The fraction of sp³-hybridized carbons (Fsp3) is 0.353. The summed E-state index contributed by atoms with van der Waals surface area (Å²) in [7, 11) is 1.41. The standard InChI is InChI=1S/C17H18FNO2S/c1-21-16-3-2-13(10-15(16)18)17(20)19-7-4-12(5-8-19)14-6-9-22-11-14/h2-3,6,9-12H,4-5,7-8H2,1H3. The lowest BCUT2D eigenvalue weighted by Gasteiger charge is -2.32. The minimum atomic E-state index is -0.499. The van der Waals surface area contributed by atoms with Crippen molar-refractivity contribution in [2.45, 2.75) is 18.8 Å². The van der Waals surface area contributed by atoms with Gasteiger partial charge in [-0.25, -0.2) is 4.39 Å². The zero-order valence-electron chi connectivity index (χ0n) is 12.4. The van der Waals surface area contributed by atoms with Crippen LogP contribution >= 0.6 is 11.3 Å². The molecule has 1 aliphatic heterocycles. The third kappa shape index (κ3) is 2.99. The van der Waals surface area contributed by atoms with Crippen molar-refractivity contribution in [1.82, 2.24) is 4.90 Å². The quantitative estimate of drug-likeness (QED) is 0.858. The molecular weight excluding hydrogens is 301 g/mol. The van der Waals surface area contributed by atoms with Crippen molar-refractivity contribution in [3.05, 3.63) is 52.0 Å². The fourth-order valence-corrected chi connectivity index (χ4v) is 3.65. The lowest BCUT2D eigenvalue weighted by Crippen LogP contribution is -2.37. The van der Waals surface area contributed by atoms with Gasteiger partial charge in [0, 0.05) is 18.7 Å². The number of hydrogen-bond donors (Lipinski definition) is 0. The van der Waals surface area contributed by atoms with E-state index in [4.69, 9.17) is 4.74 Å². The van der Waals surface area contributed by atoms with Gasteiger partial charge in [-0.3, -0.25) is 4.79 Å². The zero-order chi connectivity index (χ0) is 15.5. The van der Waals surface area contributed by atoms with Crippen molar-refractivity contribution in [2.75, 3.05) is 20.2 Å². The van der Waals surface area contributed by atoms with Gasteiger partial charge in [0.25, 0.3) is 5.91 Å². The number of hydrogen-bond acceptors (Lipinski definition) is 3. The molecule has 3 rings (SSSR count). The van der Waals surface area contributed by atoms with Crippen molar-refractivity contribution in [3.63, 3.8) is 0 Å². The molecule has 1 saturated heterocycles. The Labute approximate surface area is 133 Å². The van der Waals surface area contributed by atoms with Gasteiger partial charge in [-0.05, 0) is 59.3 Å². The SMILES string of the molecule is COc1ccc(C(=O)N2CCC(c3ccsc3)CC2)cc1F. The maximum Gasteiger partial charge on any atom is 0.253 e. The van der Waals surface area contributed by atoms with Gasteiger partial charge in [-0.1, -0.05) is 0 Å². The smallest absolute Gasteiger partial charge is 0.253 e. The maximum atomic E-state index is 13.7. The largest absolute Gasteiger partial charge is 0.494 e. The summed E-state index contributed by atoms with van der Waals surface area (Å²) in [6.45, 7) is 1.43. The predicted molar refractivity (Wildman–Crippen MR) is 85.1 cm³/mol. The summed E-state index contributed by atoms with van der Waals surface area (Å²) in [4.78, 5) is 14.3. The number of thiophene rings is 1. The molecule has 0 saturated carbocycles. The van der Waals surface area contributed by atoms with E-state index in [2.05, 4.69) is 16.8 Å². The van der Waals surface area contributed by atoms with Crippen molar-refractivity contribution < 1.29 is 13.9 Å². The first-order valence-corrected chi connectivity index (χ1v) is 8.28. The number of carbonyl (C=O) groups excluding carboxylic acids is 1. The normalized spacial score (nSPS) is 15.8.